The highest BCUT2D eigenvalue weighted by Crippen LogP contribution is 2.12. The minimum absolute atomic E-state index is 0.137. The van der Waals surface area contributed by atoms with Gasteiger partial charge in [-0.15, -0.1) is 0 Å². The Morgan fingerprint density at radius 2 is 2.12 bits per heavy atom. The first kappa shape index (κ1) is 13.8. The Morgan fingerprint density at radius 1 is 1.47 bits per heavy atom. The lowest BCUT2D eigenvalue weighted by Gasteiger charge is -2.20. The topological polar surface area (TPSA) is 54.3 Å². The number of hydrogen-bond donors (Lipinski definition) is 2. The van der Waals surface area contributed by atoms with Crippen LogP contribution in [0.25, 0.3) is 0 Å². The molecule has 2 N–H and O–H groups in total. The fourth-order valence-corrected chi connectivity index (χ4v) is 1.98. The van der Waals surface area contributed by atoms with E-state index < -0.39 is 6.10 Å². The minimum atomic E-state index is -0.464. The molecule has 1 amide bonds. The number of aliphatic hydroxyl groups excluding tert-OH is 1. The summed E-state index contributed by atoms with van der Waals surface area (Å²) in [4.78, 5) is 11.8. The summed E-state index contributed by atoms with van der Waals surface area (Å²) in [6.07, 6.45) is 3.22. The summed E-state index contributed by atoms with van der Waals surface area (Å²) in [5.74, 6) is 0.117. The molecule has 1 atom stereocenters. The largest absolute Gasteiger partial charge is 0.391 e. The van der Waals surface area contributed by atoms with Gasteiger partial charge in [-0.3, -0.25) is 4.79 Å². The van der Waals surface area contributed by atoms with Crippen molar-refractivity contribution in [2.24, 2.45) is 13.0 Å². The maximum Gasteiger partial charge on any atom is 0.267 e. The highest BCUT2D eigenvalue weighted by molar-refractivity contribution is 5.92. The van der Waals surface area contributed by atoms with E-state index >= 15 is 0 Å². The Kier molecular flexibility index (Phi) is 5.22. The molecule has 0 saturated carbocycles. The van der Waals surface area contributed by atoms with E-state index in [0.29, 0.717) is 12.2 Å². The normalized spacial score (nSPS) is 12.8. The maximum atomic E-state index is 11.8. The van der Waals surface area contributed by atoms with Gasteiger partial charge in [0.15, 0.2) is 0 Å². The summed E-state index contributed by atoms with van der Waals surface area (Å²) in [5, 5.41) is 12.7. The number of carbonyl (C=O) groups is 1. The van der Waals surface area contributed by atoms with Crippen LogP contribution in [0.4, 0.5) is 0 Å². The van der Waals surface area contributed by atoms with Crippen LogP contribution in [0.5, 0.6) is 0 Å². The van der Waals surface area contributed by atoms with Gasteiger partial charge in [0.1, 0.15) is 5.69 Å². The molecule has 0 aliphatic carbocycles. The SMILES string of the molecule is CCC(CC)C(O)CNC(=O)c1cccn1C. The zero-order valence-corrected chi connectivity index (χ0v) is 10.8. The van der Waals surface area contributed by atoms with Crippen molar-refractivity contribution in [3.63, 3.8) is 0 Å². The van der Waals surface area contributed by atoms with Gasteiger partial charge in [-0.05, 0) is 18.1 Å². The van der Waals surface area contributed by atoms with Crippen LogP contribution in [0.1, 0.15) is 37.2 Å². The van der Waals surface area contributed by atoms with Gasteiger partial charge in [-0.1, -0.05) is 26.7 Å². The number of aromatic nitrogens is 1. The van der Waals surface area contributed by atoms with Gasteiger partial charge in [0.25, 0.3) is 5.91 Å². The smallest absolute Gasteiger partial charge is 0.267 e. The van der Waals surface area contributed by atoms with Crippen molar-refractivity contribution in [1.82, 2.24) is 9.88 Å². The van der Waals surface area contributed by atoms with E-state index in [1.54, 1.807) is 10.6 Å². The van der Waals surface area contributed by atoms with Crippen molar-refractivity contribution in [2.75, 3.05) is 6.54 Å². The summed E-state index contributed by atoms with van der Waals surface area (Å²) in [7, 11) is 1.83. The van der Waals surface area contributed by atoms with Crippen LogP contribution < -0.4 is 5.32 Å². The molecule has 1 rings (SSSR count). The number of rotatable bonds is 6. The third-order valence-electron chi connectivity index (χ3n) is 3.24. The Morgan fingerprint density at radius 3 is 2.59 bits per heavy atom. The van der Waals surface area contributed by atoms with Crippen LogP contribution >= 0.6 is 0 Å². The van der Waals surface area contributed by atoms with Crippen molar-refractivity contribution in [2.45, 2.75) is 32.8 Å². The number of nitrogens with one attached hydrogen (secondary N) is 1. The summed E-state index contributed by atoms with van der Waals surface area (Å²) in [5.41, 5.74) is 0.613. The number of carbonyl (C=O) groups excluding carboxylic acids is 1. The van der Waals surface area contributed by atoms with Gasteiger partial charge < -0.3 is 15.0 Å². The highest BCUT2D eigenvalue weighted by Gasteiger charge is 2.17. The van der Waals surface area contributed by atoms with Crippen molar-refractivity contribution >= 4 is 5.91 Å². The van der Waals surface area contributed by atoms with E-state index in [1.807, 2.05) is 19.3 Å². The molecule has 1 unspecified atom stereocenters. The lowest BCUT2D eigenvalue weighted by molar-refractivity contribution is 0.0810. The lowest BCUT2D eigenvalue weighted by Crippen LogP contribution is -2.36. The Balaban J connectivity index is 2.46. The van der Waals surface area contributed by atoms with E-state index in [9.17, 15) is 9.90 Å². The van der Waals surface area contributed by atoms with E-state index in [-0.39, 0.29) is 11.8 Å². The first-order valence-electron chi connectivity index (χ1n) is 6.17. The molecule has 1 heterocycles. The monoisotopic (exact) mass is 238 g/mol. The third kappa shape index (κ3) is 3.60. The average molecular weight is 238 g/mol. The van der Waals surface area contributed by atoms with Crippen LogP contribution in [-0.2, 0) is 7.05 Å². The molecule has 0 aliphatic heterocycles. The molecule has 0 saturated heterocycles. The van der Waals surface area contributed by atoms with E-state index in [0.717, 1.165) is 12.8 Å². The Labute approximate surface area is 103 Å². The van der Waals surface area contributed by atoms with Crippen molar-refractivity contribution < 1.29 is 9.90 Å². The van der Waals surface area contributed by atoms with Crippen LogP contribution in [0.15, 0.2) is 18.3 Å². The predicted octanol–water partition coefficient (Wildman–Crippen LogP) is 1.55. The number of hydrogen-bond acceptors (Lipinski definition) is 2. The molecular formula is C13H22N2O2. The summed E-state index contributed by atoms with van der Waals surface area (Å²) in [6.45, 7) is 4.42. The fraction of sp³-hybridized carbons (Fsp3) is 0.615. The van der Waals surface area contributed by atoms with Gasteiger partial charge in [0.2, 0.25) is 0 Å². The van der Waals surface area contributed by atoms with Crippen LogP contribution in [0.3, 0.4) is 0 Å². The van der Waals surface area contributed by atoms with Crippen LogP contribution in [-0.4, -0.2) is 28.2 Å². The van der Waals surface area contributed by atoms with Gasteiger partial charge in [-0.25, -0.2) is 0 Å². The molecule has 0 aliphatic rings. The molecular weight excluding hydrogens is 216 g/mol. The van der Waals surface area contributed by atoms with E-state index in [4.69, 9.17) is 0 Å². The third-order valence-corrected chi connectivity index (χ3v) is 3.24. The van der Waals surface area contributed by atoms with Crippen molar-refractivity contribution in [3.05, 3.63) is 24.0 Å². The van der Waals surface area contributed by atoms with E-state index in [1.165, 1.54) is 0 Å². The minimum Gasteiger partial charge on any atom is -0.391 e. The molecule has 4 heteroatoms. The summed E-state index contributed by atoms with van der Waals surface area (Å²) < 4.78 is 1.76. The maximum absolute atomic E-state index is 11.8. The predicted molar refractivity (Wildman–Crippen MR) is 67.8 cm³/mol. The quantitative estimate of drug-likeness (QED) is 0.790. The molecule has 96 valence electrons. The second kappa shape index (κ2) is 6.45. The zero-order chi connectivity index (χ0) is 12.8. The van der Waals surface area contributed by atoms with Crippen molar-refractivity contribution in [3.8, 4) is 0 Å². The van der Waals surface area contributed by atoms with Gasteiger partial charge in [0.05, 0.1) is 6.10 Å². The molecule has 0 bridgehead atoms. The Bertz CT molecular complexity index is 356. The second-order valence-corrected chi connectivity index (χ2v) is 4.36. The first-order valence-corrected chi connectivity index (χ1v) is 6.17. The molecule has 17 heavy (non-hydrogen) atoms. The molecule has 0 radical (unpaired) electrons. The van der Waals surface area contributed by atoms with Crippen LogP contribution in [0.2, 0.25) is 0 Å². The molecule has 1 aromatic rings. The Hall–Kier alpha value is -1.29. The molecule has 1 aromatic heterocycles. The first-order chi connectivity index (χ1) is 8.10. The number of aryl methyl sites for hydroxylation is 1. The standard InChI is InChI=1S/C13H22N2O2/c1-4-10(5-2)12(16)9-14-13(17)11-7-6-8-15(11)3/h6-8,10,12,16H,4-5,9H2,1-3H3,(H,14,17). The van der Waals surface area contributed by atoms with Crippen LogP contribution in [0, 0.1) is 5.92 Å². The second-order valence-electron chi connectivity index (χ2n) is 4.36. The molecule has 4 nitrogen and oxygen atoms in total. The lowest BCUT2D eigenvalue weighted by atomic mass is 9.96. The zero-order valence-electron chi connectivity index (χ0n) is 10.8. The number of aliphatic hydroxyl groups is 1. The average Bonchev–Trinajstić information content (AvgIpc) is 2.74. The van der Waals surface area contributed by atoms with Gasteiger partial charge in [-0.2, -0.15) is 0 Å². The van der Waals surface area contributed by atoms with Crippen molar-refractivity contribution in [1.29, 1.82) is 0 Å². The summed E-state index contributed by atoms with van der Waals surface area (Å²) in [6, 6.07) is 3.59. The summed E-state index contributed by atoms with van der Waals surface area (Å²) >= 11 is 0. The molecule has 0 fully saturated rings. The number of nitrogens with zero attached hydrogens (tertiary/aromatic N) is 1. The highest BCUT2D eigenvalue weighted by atomic mass is 16.3. The molecule has 0 aromatic carbocycles. The molecule has 0 spiro atoms. The van der Waals surface area contributed by atoms with E-state index in [2.05, 4.69) is 19.2 Å². The van der Waals surface area contributed by atoms with Gasteiger partial charge >= 0.3 is 0 Å². The van der Waals surface area contributed by atoms with Gasteiger partial charge in [0, 0.05) is 19.8 Å². The fourth-order valence-electron chi connectivity index (χ4n) is 1.98. The number of amides is 1.